The maximum atomic E-state index is 14.9. The predicted octanol–water partition coefficient (Wildman–Crippen LogP) is 5.58. The zero-order valence-corrected chi connectivity index (χ0v) is 18.7. The zero-order chi connectivity index (χ0) is 23.7. The van der Waals surface area contributed by atoms with Crippen molar-refractivity contribution in [3.8, 4) is 11.5 Å². The van der Waals surface area contributed by atoms with Crippen LogP contribution in [0.2, 0.25) is 0 Å². The fraction of sp³-hybridized carbons (Fsp3) is 0.222. The smallest absolute Gasteiger partial charge is 0.231 e. The molecule has 34 heavy (non-hydrogen) atoms. The van der Waals surface area contributed by atoms with Gasteiger partial charge in [-0.15, -0.1) is 0 Å². The van der Waals surface area contributed by atoms with Gasteiger partial charge in [-0.1, -0.05) is 37.3 Å². The Hall–Kier alpha value is -3.87. The standard InChI is InChI=1S/C27H24F2N2O3/c1-2-17-4-3-5-20-22(14-31-27(17)20)21(19-8-7-18(28)11-23(19)29)12-26(32)30-13-16-6-9-24-25(10-16)34-15-33-24/h3-11,14,21,31H,2,12-13,15H2,1H3,(H,30,32). The van der Waals surface area contributed by atoms with Crippen molar-refractivity contribution in [3.05, 3.63) is 94.7 Å². The number of fused-ring (bicyclic) bond motifs is 2. The average Bonchev–Trinajstić information content (AvgIpc) is 3.48. The van der Waals surface area contributed by atoms with Crippen molar-refractivity contribution in [1.29, 1.82) is 0 Å². The van der Waals surface area contributed by atoms with Crippen molar-refractivity contribution in [2.45, 2.75) is 32.2 Å². The molecule has 0 fully saturated rings. The van der Waals surface area contributed by atoms with E-state index in [1.807, 2.05) is 36.5 Å². The van der Waals surface area contributed by atoms with E-state index in [1.54, 1.807) is 6.07 Å². The number of rotatable bonds is 7. The molecule has 1 aliphatic rings. The molecule has 0 aliphatic carbocycles. The number of benzene rings is 3. The normalized spacial score (nSPS) is 13.3. The van der Waals surface area contributed by atoms with Crippen LogP contribution in [0.25, 0.3) is 10.9 Å². The highest BCUT2D eigenvalue weighted by Gasteiger charge is 2.25. The largest absolute Gasteiger partial charge is 0.454 e. The zero-order valence-electron chi connectivity index (χ0n) is 18.7. The Labute approximate surface area is 195 Å². The van der Waals surface area contributed by atoms with E-state index in [9.17, 15) is 13.6 Å². The number of ether oxygens (including phenoxy) is 2. The van der Waals surface area contributed by atoms with Gasteiger partial charge in [-0.3, -0.25) is 4.79 Å². The number of halogens is 2. The first-order valence-electron chi connectivity index (χ1n) is 11.2. The number of hydrogen-bond donors (Lipinski definition) is 2. The number of para-hydroxylation sites is 1. The second kappa shape index (κ2) is 9.17. The number of carbonyl (C=O) groups is 1. The van der Waals surface area contributed by atoms with Crippen LogP contribution in [0, 0.1) is 11.6 Å². The molecule has 1 atom stereocenters. The summed E-state index contributed by atoms with van der Waals surface area (Å²) in [6, 6.07) is 14.9. The van der Waals surface area contributed by atoms with Gasteiger partial charge in [0.2, 0.25) is 12.7 Å². The van der Waals surface area contributed by atoms with Crippen LogP contribution in [0.4, 0.5) is 8.78 Å². The summed E-state index contributed by atoms with van der Waals surface area (Å²) in [4.78, 5) is 16.3. The summed E-state index contributed by atoms with van der Waals surface area (Å²) in [6.45, 7) is 2.54. The molecule has 1 aliphatic heterocycles. The van der Waals surface area contributed by atoms with Gasteiger partial charge in [0.1, 0.15) is 11.6 Å². The van der Waals surface area contributed by atoms with E-state index in [4.69, 9.17) is 9.47 Å². The number of aromatic amines is 1. The van der Waals surface area contributed by atoms with E-state index in [2.05, 4.69) is 17.2 Å². The summed E-state index contributed by atoms with van der Waals surface area (Å²) in [5, 5.41) is 3.84. The molecule has 7 heteroatoms. The van der Waals surface area contributed by atoms with Crippen molar-refractivity contribution in [2.75, 3.05) is 6.79 Å². The minimum Gasteiger partial charge on any atom is -0.454 e. The van der Waals surface area contributed by atoms with E-state index < -0.39 is 17.6 Å². The first-order chi connectivity index (χ1) is 16.5. The van der Waals surface area contributed by atoms with Crippen molar-refractivity contribution >= 4 is 16.8 Å². The molecule has 0 saturated carbocycles. The fourth-order valence-electron chi connectivity index (χ4n) is 4.50. The van der Waals surface area contributed by atoms with Gasteiger partial charge in [0.15, 0.2) is 11.5 Å². The second-order valence-corrected chi connectivity index (χ2v) is 8.32. The number of nitrogens with one attached hydrogen (secondary N) is 2. The van der Waals surface area contributed by atoms with Gasteiger partial charge in [0.05, 0.1) is 0 Å². The third-order valence-corrected chi connectivity index (χ3v) is 6.24. The van der Waals surface area contributed by atoms with Crippen LogP contribution in [0.3, 0.4) is 0 Å². The number of aromatic nitrogens is 1. The molecular formula is C27H24F2N2O3. The summed E-state index contributed by atoms with van der Waals surface area (Å²) in [7, 11) is 0. The van der Waals surface area contributed by atoms with Crippen LogP contribution in [0.15, 0.2) is 60.8 Å². The summed E-state index contributed by atoms with van der Waals surface area (Å²) in [5.41, 5.74) is 4.04. The van der Waals surface area contributed by atoms with E-state index in [-0.39, 0.29) is 24.7 Å². The van der Waals surface area contributed by atoms with Gasteiger partial charge in [-0.05, 0) is 46.9 Å². The van der Waals surface area contributed by atoms with E-state index >= 15 is 0 Å². The number of aryl methyl sites for hydroxylation is 1. The Kier molecular flexibility index (Phi) is 5.92. The van der Waals surface area contributed by atoms with Crippen molar-refractivity contribution in [3.63, 3.8) is 0 Å². The van der Waals surface area contributed by atoms with Crippen molar-refractivity contribution in [2.24, 2.45) is 0 Å². The lowest BCUT2D eigenvalue weighted by atomic mass is 9.87. The summed E-state index contributed by atoms with van der Waals surface area (Å²) in [5.74, 6) is -0.837. The van der Waals surface area contributed by atoms with Crippen molar-refractivity contribution < 1.29 is 23.0 Å². The lowest BCUT2D eigenvalue weighted by molar-refractivity contribution is -0.121. The van der Waals surface area contributed by atoms with Crippen LogP contribution in [0.5, 0.6) is 11.5 Å². The Morgan fingerprint density at radius 1 is 1.06 bits per heavy atom. The number of H-pyrrole nitrogens is 1. The van der Waals surface area contributed by atoms with Crippen LogP contribution < -0.4 is 14.8 Å². The van der Waals surface area contributed by atoms with E-state index in [0.29, 0.717) is 18.0 Å². The number of amides is 1. The molecule has 3 aromatic carbocycles. The van der Waals surface area contributed by atoms with Gasteiger partial charge in [0.25, 0.3) is 0 Å². The number of carbonyl (C=O) groups excluding carboxylic acids is 1. The van der Waals surface area contributed by atoms with Crippen LogP contribution in [-0.2, 0) is 17.8 Å². The monoisotopic (exact) mass is 462 g/mol. The number of hydrogen-bond acceptors (Lipinski definition) is 3. The van der Waals surface area contributed by atoms with Crippen molar-refractivity contribution in [1.82, 2.24) is 10.3 Å². The highest BCUT2D eigenvalue weighted by Crippen LogP contribution is 2.36. The minimum absolute atomic E-state index is 0.0103. The third-order valence-electron chi connectivity index (χ3n) is 6.24. The van der Waals surface area contributed by atoms with Crippen LogP contribution in [-0.4, -0.2) is 17.7 Å². The van der Waals surface area contributed by atoms with Gasteiger partial charge < -0.3 is 19.8 Å². The van der Waals surface area contributed by atoms with Gasteiger partial charge >= 0.3 is 0 Å². The molecule has 0 spiro atoms. The molecule has 1 unspecified atom stereocenters. The Balaban J connectivity index is 1.43. The molecule has 0 radical (unpaired) electrons. The van der Waals surface area contributed by atoms with E-state index in [1.165, 1.54) is 12.1 Å². The SMILES string of the molecule is CCc1cccc2c(C(CC(=O)NCc3ccc4c(c3)OCO4)c3ccc(F)cc3F)c[nH]c12. The minimum atomic E-state index is -0.672. The van der Waals surface area contributed by atoms with Gasteiger partial charge in [-0.25, -0.2) is 8.78 Å². The van der Waals surface area contributed by atoms with Crippen LogP contribution in [0.1, 0.15) is 41.5 Å². The fourth-order valence-corrected chi connectivity index (χ4v) is 4.50. The molecule has 0 bridgehead atoms. The first-order valence-corrected chi connectivity index (χ1v) is 11.2. The summed E-state index contributed by atoms with van der Waals surface area (Å²) < 4.78 is 39.2. The molecule has 2 heterocycles. The average molecular weight is 462 g/mol. The molecule has 0 saturated heterocycles. The molecular weight excluding hydrogens is 438 g/mol. The Morgan fingerprint density at radius 2 is 1.91 bits per heavy atom. The summed E-state index contributed by atoms with van der Waals surface area (Å²) >= 11 is 0. The van der Waals surface area contributed by atoms with E-state index in [0.717, 1.165) is 40.1 Å². The molecule has 5 nitrogen and oxygen atoms in total. The second-order valence-electron chi connectivity index (χ2n) is 8.32. The highest BCUT2D eigenvalue weighted by atomic mass is 19.1. The molecule has 1 amide bonds. The van der Waals surface area contributed by atoms with Gasteiger partial charge in [0, 0.05) is 42.0 Å². The lowest BCUT2D eigenvalue weighted by Crippen LogP contribution is -2.25. The molecule has 174 valence electrons. The molecule has 4 aromatic rings. The highest BCUT2D eigenvalue weighted by molar-refractivity contribution is 5.88. The predicted molar refractivity (Wildman–Crippen MR) is 125 cm³/mol. The maximum absolute atomic E-state index is 14.9. The molecule has 1 aromatic heterocycles. The maximum Gasteiger partial charge on any atom is 0.231 e. The Bertz CT molecular complexity index is 1370. The Morgan fingerprint density at radius 3 is 2.74 bits per heavy atom. The molecule has 2 N–H and O–H groups in total. The molecule has 5 rings (SSSR count). The van der Waals surface area contributed by atoms with Crippen LogP contribution >= 0.6 is 0 Å². The topological polar surface area (TPSA) is 63.4 Å². The first kappa shape index (κ1) is 21.9. The third kappa shape index (κ3) is 4.21. The summed E-state index contributed by atoms with van der Waals surface area (Å²) in [6.07, 6.45) is 2.67. The lowest BCUT2D eigenvalue weighted by Gasteiger charge is -2.18. The van der Waals surface area contributed by atoms with Gasteiger partial charge in [-0.2, -0.15) is 0 Å². The quantitative estimate of drug-likeness (QED) is 0.377.